The molecule has 0 bridgehead atoms. The Labute approximate surface area is 232 Å². The van der Waals surface area contributed by atoms with Gasteiger partial charge in [0.25, 0.3) is 15.9 Å². The zero-order valence-electron chi connectivity index (χ0n) is 22.1. The molecule has 0 fully saturated rings. The van der Waals surface area contributed by atoms with E-state index in [2.05, 4.69) is 5.32 Å². The summed E-state index contributed by atoms with van der Waals surface area (Å²) < 4.78 is 48.2. The van der Waals surface area contributed by atoms with E-state index in [0.717, 1.165) is 10.8 Å². The van der Waals surface area contributed by atoms with Crippen LogP contribution in [0.3, 0.4) is 0 Å². The molecule has 0 saturated heterocycles. The first-order chi connectivity index (χ1) is 19.2. The number of nitrogens with zero attached hydrogens (tertiary/aromatic N) is 1. The number of esters is 1. The van der Waals surface area contributed by atoms with Crippen molar-refractivity contribution in [2.75, 3.05) is 44.1 Å². The number of ether oxygens (including phenoxy) is 4. The number of carbonyl (C=O) groups is 2. The summed E-state index contributed by atoms with van der Waals surface area (Å²) >= 11 is 0. The fourth-order valence-corrected chi connectivity index (χ4v) is 5.05. The molecule has 40 heavy (non-hydrogen) atoms. The molecule has 0 radical (unpaired) electrons. The Hall–Kier alpha value is -4.77. The number of sulfonamides is 1. The second-order valence-corrected chi connectivity index (χ2v) is 10.5. The lowest BCUT2D eigenvalue weighted by atomic mass is 10.1. The van der Waals surface area contributed by atoms with Crippen molar-refractivity contribution in [2.24, 2.45) is 0 Å². The number of benzene rings is 4. The van der Waals surface area contributed by atoms with Gasteiger partial charge in [0.15, 0.2) is 24.7 Å². The Kier molecular flexibility index (Phi) is 8.75. The van der Waals surface area contributed by atoms with E-state index < -0.39 is 35.1 Å². The van der Waals surface area contributed by atoms with Crippen molar-refractivity contribution in [3.8, 4) is 17.2 Å². The van der Waals surface area contributed by atoms with Crippen LogP contribution in [0.5, 0.6) is 17.2 Å². The predicted octanol–water partition coefficient (Wildman–Crippen LogP) is 4.24. The molecule has 10 nitrogen and oxygen atoms in total. The number of anilines is 2. The molecule has 0 heterocycles. The molecule has 0 spiro atoms. The molecule has 0 unspecified atom stereocenters. The lowest BCUT2D eigenvalue weighted by Crippen LogP contribution is -2.26. The standard InChI is InChI=1S/C29H28N2O8S/c1-31(40(34,35)25-14-8-20-6-4-5-7-21(20)16-25)23-10-12-24(13-11-23)38-19-29(33)39-18-28(32)30-22-9-15-26(36-2)27(17-22)37-3/h4-17H,18-19H2,1-3H3,(H,30,32). The summed E-state index contributed by atoms with van der Waals surface area (Å²) in [5.74, 6) is -0.0143. The van der Waals surface area contributed by atoms with Crippen LogP contribution in [-0.4, -0.2) is 54.8 Å². The van der Waals surface area contributed by atoms with Crippen LogP contribution in [-0.2, 0) is 24.3 Å². The minimum Gasteiger partial charge on any atom is -0.493 e. The van der Waals surface area contributed by atoms with Gasteiger partial charge >= 0.3 is 5.97 Å². The Bertz CT molecular complexity index is 1620. The van der Waals surface area contributed by atoms with Crippen molar-refractivity contribution in [1.29, 1.82) is 0 Å². The molecule has 0 aromatic heterocycles. The van der Waals surface area contributed by atoms with Crippen LogP contribution in [0.4, 0.5) is 11.4 Å². The Morgan fingerprint density at radius 1 is 0.800 bits per heavy atom. The van der Waals surface area contributed by atoms with Gasteiger partial charge in [-0.1, -0.05) is 30.3 Å². The molecule has 208 valence electrons. The van der Waals surface area contributed by atoms with Gasteiger partial charge in [0.1, 0.15) is 5.75 Å². The summed E-state index contributed by atoms with van der Waals surface area (Å²) in [5, 5.41) is 4.37. The van der Waals surface area contributed by atoms with E-state index in [0.29, 0.717) is 28.6 Å². The maximum absolute atomic E-state index is 13.2. The molecular weight excluding hydrogens is 536 g/mol. The highest BCUT2D eigenvalue weighted by atomic mass is 32.2. The summed E-state index contributed by atoms with van der Waals surface area (Å²) in [7, 11) is 0.642. The third kappa shape index (κ3) is 6.62. The normalized spacial score (nSPS) is 11.0. The number of fused-ring (bicyclic) bond motifs is 1. The van der Waals surface area contributed by atoms with E-state index in [1.54, 1.807) is 60.7 Å². The van der Waals surface area contributed by atoms with E-state index in [9.17, 15) is 18.0 Å². The quantitative estimate of drug-likeness (QED) is 0.269. The van der Waals surface area contributed by atoms with Crippen LogP contribution >= 0.6 is 0 Å². The highest BCUT2D eigenvalue weighted by Gasteiger charge is 2.22. The Morgan fingerprint density at radius 2 is 1.50 bits per heavy atom. The van der Waals surface area contributed by atoms with Crippen LogP contribution in [0, 0.1) is 0 Å². The smallest absolute Gasteiger partial charge is 0.344 e. The Morgan fingerprint density at radius 3 is 2.20 bits per heavy atom. The summed E-state index contributed by atoms with van der Waals surface area (Å²) in [6.45, 7) is -0.943. The summed E-state index contributed by atoms with van der Waals surface area (Å²) in [6, 6.07) is 23.6. The van der Waals surface area contributed by atoms with Crippen molar-refractivity contribution >= 4 is 44.0 Å². The van der Waals surface area contributed by atoms with Crippen molar-refractivity contribution in [3.63, 3.8) is 0 Å². The zero-order valence-corrected chi connectivity index (χ0v) is 22.9. The average molecular weight is 565 g/mol. The topological polar surface area (TPSA) is 120 Å². The molecule has 4 aromatic carbocycles. The lowest BCUT2D eigenvalue weighted by Gasteiger charge is -2.20. The van der Waals surface area contributed by atoms with Gasteiger partial charge in [-0.2, -0.15) is 0 Å². The average Bonchev–Trinajstić information content (AvgIpc) is 2.98. The molecule has 4 rings (SSSR count). The van der Waals surface area contributed by atoms with E-state index in [1.807, 2.05) is 24.3 Å². The largest absolute Gasteiger partial charge is 0.493 e. The van der Waals surface area contributed by atoms with Crippen molar-refractivity contribution in [2.45, 2.75) is 4.90 Å². The SMILES string of the molecule is COc1ccc(NC(=O)COC(=O)COc2ccc(N(C)S(=O)(=O)c3ccc4ccccc4c3)cc2)cc1OC. The fourth-order valence-electron chi connectivity index (χ4n) is 3.82. The van der Waals surface area contributed by atoms with Gasteiger partial charge in [0.05, 0.1) is 24.8 Å². The van der Waals surface area contributed by atoms with Gasteiger partial charge in [0, 0.05) is 18.8 Å². The highest BCUT2D eigenvalue weighted by Crippen LogP contribution is 2.30. The van der Waals surface area contributed by atoms with Crippen molar-refractivity contribution in [1.82, 2.24) is 0 Å². The number of hydrogen-bond acceptors (Lipinski definition) is 8. The third-order valence-electron chi connectivity index (χ3n) is 5.97. The lowest BCUT2D eigenvalue weighted by molar-refractivity contribution is -0.149. The van der Waals surface area contributed by atoms with Gasteiger partial charge in [-0.25, -0.2) is 13.2 Å². The maximum Gasteiger partial charge on any atom is 0.344 e. The number of methoxy groups -OCH3 is 2. The number of nitrogens with one attached hydrogen (secondary N) is 1. The molecule has 0 aliphatic rings. The molecule has 0 atom stereocenters. The number of carbonyl (C=O) groups excluding carboxylic acids is 2. The van der Waals surface area contributed by atoms with Gasteiger partial charge in [0.2, 0.25) is 0 Å². The predicted molar refractivity (Wildman–Crippen MR) is 151 cm³/mol. The molecule has 1 amide bonds. The van der Waals surface area contributed by atoms with E-state index >= 15 is 0 Å². The first-order valence-corrected chi connectivity index (χ1v) is 13.5. The fraction of sp³-hybridized carbons (Fsp3) is 0.172. The van der Waals surface area contributed by atoms with Crippen LogP contribution in [0.15, 0.2) is 89.8 Å². The molecule has 0 aliphatic carbocycles. The highest BCUT2D eigenvalue weighted by molar-refractivity contribution is 7.92. The number of hydrogen-bond donors (Lipinski definition) is 1. The van der Waals surface area contributed by atoms with Gasteiger partial charge in [-0.05, 0) is 59.3 Å². The minimum absolute atomic E-state index is 0.173. The van der Waals surface area contributed by atoms with E-state index in [1.165, 1.54) is 25.6 Å². The van der Waals surface area contributed by atoms with Crippen molar-refractivity contribution in [3.05, 3.63) is 84.9 Å². The molecule has 0 saturated carbocycles. The van der Waals surface area contributed by atoms with Gasteiger partial charge in [-0.15, -0.1) is 0 Å². The monoisotopic (exact) mass is 564 g/mol. The third-order valence-corrected chi connectivity index (χ3v) is 7.75. The second kappa shape index (κ2) is 12.4. The van der Waals surface area contributed by atoms with Crippen LogP contribution < -0.4 is 23.8 Å². The molecule has 4 aromatic rings. The van der Waals surface area contributed by atoms with Crippen LogP contribution in [0.1, 0.15) is 0 Å². The zero-order chi connectivity index (χ0) is 28.7. The van der Waals surface area contributed by atoms with Gasteiger partial charge < -0.3 is 24.3 Å². The second-order valence-electron chi connectivity index (χ2n) is 8.54. The first-order valence-electron chi connectivity index (χ1n) is 12.1. The summed E-state index contributed by atoms with van der Waals surface area (Å²) in [5.41, 5.74) is 0.859. The van der Waals surface area contributed by atoms with Crippen LogP contribution in [0.2, 0.25) is 0 Å². The van der Waals surface area contributed by atoms with Crippen LogP contribution in [0.25, 0.3) is 10.8 Å². The summed E-state index contributed by atoms with van der Waals surface area (Å²) in [6.07, 6.45) is 0. The first kappa shape index (κ1) is 28.2. The molecule has 11 heteroatoms. The molecule has 0 aliphatic heterocycles. The number of rotatable bonds is 11. The Balaban J connectivity index is 1.28. The van der Waals surface area contributed by atoms with Gasteiger partial charge in [-0.3, -0.25) is 9.10 Å². The van der Waals surface area contributed by atoms with E-state index in [-0.39, 0.29) is 4.90 Å². The van der Waals surface area contributed by atoms with E-state index in [4.69, 9.17) is 18.9 Å². The summed E-state index contributed by atoms with van der Waals surface area (Å²) in [4.78, 5) is 24.4. The number of amides is 1. The molecule has 1 N–H and O–H groups in total. The maximum atomic E-state index is 13.2. The molecular formula is C29H28N2O8S. The minimum atomic E-state index is -3.80. The van der Waals surface area contributed by atoms with Crippen molar-refractivity contribution < 1.29 is 37.0 Å².